The van der Waals surface area contributed by atoms with Crippen LogP contribution in [-0.4, -0.2) is 11.9 Å². The fourth-order valence-corrected chi connectivity index (χ4v) is 0.763. The van der Waals surface area contributed by atoms with Crippen LogP contribution in [0.1, 0.15) is 12.5 Å². The van der Waals surface area contributed by atoms with Crippen LogP contribution in [0.25, 0.3) is 0 Å². The van der Waals surface area contributed by atoms with Crippen LogP contribution in [0.15, 0.2) is 30.3 Å². The standard InChI is InChI=1S/C8H8O2.C2H5NO.Hg/c9-8(10)6-7-4-2-1-3-5-7;1-2(3)4;/h1-5H,6H2,(H,9,10);1H3,(H2,3,4);/q;;+2/p-2. The van der Waals surface area contributed by atoms with Gasteiger partial charge in [-0.3, -0.25) is 0 Å². The van der Waals surface area contributed by atoms with Crippen molar-refractivity contribution in [3.8, 4) is 0 Å². The number of benzene rings is 1. The Morgan fingerprint density at radius 2 is 1.80 bits per heavy atom. The Morgan fingerprint density at radius 3 is 2.13 bits per heavy atom. The van der Waals surface area contributed by atoms with Crippen molar-refractivity contribution in [2.75, 3.05) is 0 Å². The van der Waals surface area contributed by atoms with Gasteiger partial charge < -0.3 is 9.90 Å². The average Bonchev–Trinajstić information content (AvgIpc) is 2.19. The molecule has 0 saturated carbocycles. The number of carboxylic acid groups (broad SMARTS) is 1. The Kier molecular flexibility index (Phi) is 7.90. The van der Waals surface area contributed by atoms with Gasteiger partial charge in [-0.1, -0.05) is 30.3 Å². The van der Waals surface area contributed by atoms with E-state index in [0.717, 1.165) is 5.56 Å². The molecule has 0 aliphatic rings. The molecule has 0 aliphatic heterocycles. The summed E-state index contributed by atoms with van der Waals surface area (Å²) in [6.07, 6.45) is 0.000833. The molecule has 1 aromatic carbocycles. The summed E-state index contributed by atoms with van der Waals surface area (Å²) in [6.45, 7) is 1.52. The molecule has 1 N–H and O–H groups in total. The number of carbonyl (C=O) groups excluding carboxylic acids is 2. The van der Waals surface area contributed by atoms with Gasteiger partial charge in [0.1, 0.15) is 0 Å². The second kappa shape index (κ2) is 8.41. The molecular weight excluding hydrogens is 383 g/mol. The molecule has 0 saturated heterocycles. The molecular formula is C10H11HgNO3. The minimum atomic E-state index is -1.04. The molecule has 76 valence electrons. The molecule has 0 atom stereocenters. The zero-order valence-corrected chi connectivity index (χ0v) is 14.0. The quantitative estimate of drug-likeness (QED) is 0.693. The van der Waals surface area contributed by atoms with E-state index in [1.54, 1.807) is 24.3 Å². The van der Waals surface area contributed by atoms with Gasteiger partial charge in [0.2, 0.25) is 0 Å². The summed E-state index contributed by atoms with van der Waals surface area (Å²) < 4.78 is 2.58. The van der Waals surface area contributed by atoms with Gasteiger partial charge in [0.25, 0.3) is 0 Å². The predicted molar refractivity (Wildman–Crippen MR) is 49.0 cm³/mol. The first-order valence-corrected chi connectivity index (χ1v) is 7.08. The molecule has 1 aromatic rings. The van der Waals surface area contributed by atoms with Crippen molar-refractivity contribution in [2.45, 2.75) is 13.3 Å². The predicted octanol–water partition coefficient (Wildman–Crippen LogP) is -0.437. The zero-order chi connectivity index (χ0) is 11.7. The summed E-state index contributed by atoms with van der Waals surface area (Å²) in [5.41, 5.74) is 0.780. The van der Waals surface area contributed by atoms with Gasteiger partial charge in [0.15, 0.2) is 0 Å². The maximum Gasteiger partial charge on any atom is 0.0458 e. The molecule has 5 heteroatoms. The van der Waals surface area contributed by atoms with Crippen LogP contribution in [0.4, 0.5) is 0 Å². The summed E-state index contributed by atoms with van der Waals surface area (Å²) in [7, 11) is 0. The van der Waals surface area contributed by atoms with Crippen LogP contribution in [0, 0.1) is 0 Å². The Morgan fingerprint density at radius 1 is 1.33 bits per heavy atom. The van der Waals surface area contributed by atoms with E-state index in [1.807, 2.05) is 6.07 Å². The van der Waals surface area contributed by atoms with Crippen molar-refractivity contribution in [1.29, 1.82) is 0 Å². The van der Waals surface area contributed by atoms with E-state index in [-0.39, 0.29) is 12.3 Å². The molecule has 0 fully saturated rings. The Bertz CT molecular complexity index is 314. The number of hydrogen-bond donors (Lipinski definition) is 1. The van der Waals surface area contributed by atoms with E-state index in [2.05, 4.69) is 3.08 Å². The molecule has 0 aliphatic carbocycles. The van der Waals surface area contributed by atoms with E-state index < -0.39 is 5.97 Å². The van der Waals surface area contributed by atoms with Gasteiger partial charge in [0, 0.05) is 12.4 Å². The molecule has 0 spiro atoms. The summed E-state index contributed by atoms with van der Waals surface area (Å²) in [4.78, 5) is 19.8. The number of carboxylic acids is 1. The van der Waals surface area contributed by atoms with Crippen molar-refractivity contribution in [3.05, 3.63) is 35.9 Å². The molecule has 1 amide bonds. The molecule has 4 nitrogen and oxygen atoms in total. The van der Waals surface area contributed by atoms with Gasteiger partial charge in [-0.2, -0.15) is 0 Å². The number of aliphatic carboxylic acids is 1. The number of rotatable bonds is 2. The van der Waals surface area contributed by atoms with Crippen LogP contribution in [0.5, 0.6) is 0 Å². The number of amides is 1. The number of carbonyl (C=O) groups is 2. The zero-order valence-electron chi connectivity index (χ0n) is 8.53. The molecule has 0 radical (unpaired) electrons. The van der Waals surface area contributed by atoms with Gasteiger partial charge in [-0.15, -0.1) is 0 Å². The smallest absolute Gasteiger partial charge is 0.0458 e. The van der Waals surface area contributed by atoms with Crippen molar-refractivity contribution in [2.24, 2.45) is 0 Å². The Labute approximate surface area is 105 Å². The van der Waals surface area contributed by atoms with Gasteiger partial charge in [-0.25, -0.2) is 0 Å². The largest absolute Gasteiger partial charge is 0.550 e. The number of hydrogen-bond acceptors (Lipinski definition) is 3. The fraction of sp³-hybridized carbons (Fsp3) is 0.200. The van der Waals surface area contributed by atoms with Crippen LogP contribution >= 0.6 is 0 Å². The minimum Gasteiger partial charge on any atom is -0.550 e. The third-order valence-electron chi connectivity index (χ3n) is 1.44. The molecule has 15 heavy (non-hydrogen) atoms. The summed E-state index contributed by atoms with van der Waals surface area (Å²) in [6, 6.07) is 8.97. The van der Waals surface area contributed by atoms with Crippen LogP contribution in [-0.2, 0) is 42.4 Å². The van der Waals surface area contributed by atoms with Crippen LogP contribution in [0.3, 0.4) is 0 Å². The molecule has 0 unspecified atom stereocenters. The van der Waals surface area contributed by atoms with Crippen molar-refractivity contribution in [3.63, 3.8) is 0 Å². The third kappa shape index (κ3) is 9.40. The second-order valence-electron chi connectivity index (χ2n) is 2.77. The second-order valence-corrected chi connectivity index (χ2v) is 4.14. The SMILES string of the molecule is CC(=O)[NH][Hg+].O=C([O-])Cc1ccccc1. The maximum absolute atomic E-state index is 10.1. The monoisotopic (exact) mass is 395 g/mol. The normalized spacial score (nSPS) is 8.47. The first kappa shape index (κ1) is 14.1. The first-order valence-electron chi connectivity index (χ1n) is 4.33. The van der Waals surface area contributed by atoms with E-state index in [0.29, 0.717) is 26.4 Å². The summed E-state index contributed by atoms with van der Waals surface area (Å²) >= 11 is 0.444. The van der Waals surface area contributed by atoms with E-state index in [4.69, 9.17) is 0 Å². The van der Waals surface area contributed by atoms with E-state index in [1.165, 1.54) is 6.92 Å². The molecule has 1 rings (SSSR count). The van der Waals surface area contributed by atoms with Crippen molar-refractivity contribution < 1.29 is 41.1 Å². The van der Waals surface area contributed by atoms with Gasteiger partial charge in [-0.05, 0) is 5.56 Å². The van der Waals surface area contributed by atoms with Gasteiger partial charge >= 0.3 is 47.1 Å². The molecule has 0 heterocycles. The van der Waals surface area contributed by atoms with Crippen molar-refractivity contribution >= 4 is 11.9 Å². The minimum absolute atomic E-state index is 0.000833. The molecule has 0 bridgehead atoms. The summed E-state index contributed by atoms with van der Waals surface area (Å²) in [5.74, 6) is -0.945. The van der Waals surface area contributed by atoms with Crippen LogP contribution < -0.4 is 8.19 Å². The van der Waals surface area contributed by atoms with E-state index >= 15 is 0 Å². The fourth-order valence-electron chi connectivity index (χ4n) is 0.763. The Balaban J connectivity index is 0.000000336. The third-order valence-corrected chi connectivity index (χ3v) is 3.38. The first-order chi connectivity index (χ1) is 7.06. The molecule has 0 aromatic heterocycles. The van der Waals surface area contributed by atoms with Crippen LogP contribution in [0.2, 0.25) is 0 Å². The maximum atomic E-state index is 10.1. The summed E-state index contributed by atoms with van der Waals surface area (Å²) in [5, 5.41) is 10.1. The van der Waals surface area contributed by atoms with E-state index in [9.17, 15) is 14.7 Å². The van der Waals surface area contributed by atoms with Crippen molar-refractivity contribution in [1.82, 2.24) is 3.08 Å². The van der Waals surface area contributed by atoms with Gasteiger partial charge in [0.05, 0.1) is 0 Å². The topological polar surface area (TPSA) is 69.2 Å². The average molecular weight is 394 g/mol. The number of nitrogens with one attached hydrogen (secondary N) is 1. The Hall–Kier alpha value is -0.905.